The molecule has 1 amide bonds. The van der Waals surface area contributed by atoms with E-state index >= 15 is 0 Å². The van der Waals surface area contributed by atoms with Crippen LogP contribution in [0, 0.1) is 0 Å². The van der Waals surface area contributed by atoms with Gasteiger partial charge in [-0.05, 0) is 71.6 Å². The summed E-state index contributed by atoms with van der Waals surface area (Å²) in [4.78, 5) is 28.0. The fourth-order valence-electron chi connectivity index (χ4n) is 4.27. The van der Waals surface area contributed by atoms with Gasteiger partial charge in [-0.2, -0.15) is 17.9 Å². The summed E-state index contributed by atoms with van der Waals surface area (Å²) in [7, 11) is -4.41. The van der Waals surface area contributed by atoms with Crippen molar-refractivity contribution in [3.63, 3.8) is 0 Å². The average Bonchev–Trinajstić information content (AvgIpc) is 2.99. The standard InChI is InChI=1S/C31H29F3N4O5S/c32-31(33,34)24-11-13-27(14-12-24)44(42,43)38-28(30(40)41)18-21-7-9-22(10-8-21)23-4-3-6-26(19-23)37-29(39)20-35-17-15-25-5-1-2-16-36-25/h1-14,16,19,28,35,38H,15,17-18,20H2,(H,37,39)(H,40,41). The van der Waals surface area contributed by atoms with Gasteiger partial charge in [0.15, 0.2) is 0 Å². The molecule has 0 saturated carbocycles. The third-order valence-electron chi connectivity index (χ3n) is 6.53. The zero-order chi connectivity index (χ0) is 31.7. The molecule has 0 radical (unpaired) electrons. The van der Waals surface area contributed by atoms with Crippen molar-refractivity contribution in [3.05, 3.63) is 114 Å². The fraction of sp³-hybridized carbons (Fsp3) is 0.194. The zero-order valence-corrected chi connectivity index (χ0v) is 24.0. The van der Waals surface area contributed by atoms with Crippen LogP contribution in [0.1, 0.15) is 16.8 Å². The van der Waals surface area contributed by atoms with Crippen LogP contribution in [0.15, 0.2) is 102 Å². The summed E-state index contributed by atoms with van der Waals surface area (Å²) in [6.07, 6.45) is -2.44. The number of sulfonamides is 1. The second-order valence-electron chi connectivity index (χ2n) is 9.81. The minimum absolute atomic E-state index is 0.124. The number of halogens is 3. The van der Waals surface area contributed by atoms with Crippen molar-refractivity contribution in [2.45, 2.75) is 30.0 Å². The first-order chi connectivity index (χ1) is 20.9. The largest absolute Gasteiger partial charge is 0.480 e. The Balaban J connectivity index is 1.34. The number of nitrogens with one attached hydrogen (secondary N) is 3. The summed E-state index contributed by atoms with van der Waals surface area (Å²) in [6, 6.07) is 20.8. The number of carbonyl (C=O) groups is 2. The molecule has 1 heterocycles. The van der Waals surface area contributed by atoms with Crippen LogP contribution in [-0.2, 0) is 38.6 Å². The maximum absolute atomic E-state index is 12.8. The first kappa shape index (κ1) is 32.3. The van der Waals surface area contributed by atoms with Crippen LogP contribution in [0.5, 0.6) is 0 Å². The molecule has 1 unspecified atom stereocenters. The molecule has 1 atom stereocenters. The molecule has 230 valence electrons. The summed E-state index contributed by atoms with van der Waals surface area (Å²) in [6.45, 7) is 0.717. The number of carbonyl (C=O) groups excluding carboxylic acids is 1. The number of nitrogens with zero attached hydrogens (tertiary/aromatic N) is 1. The molecule has 0 saturated heterocycles. The average molecular weight is 627 g/mol. The second-order valence-corrected chi connectivity index (χ2v) is 11.5. The van der Waals surface area contributed by atoms with E-state index in [0.717, 1.165) is 29.0 Å². The molecule has 0 fully saturated rings. The first-order valence-corrected chi connectivity index (χ1v) is 14.9. The van der Waals surface area contributed by atoms with Crippen LogP contribution in [0.2, 0.25) is 0 Å². The minimum atomic E-state index is -4.64. The lowest BCUT2D eigenvalue weighted by Gasteiger charge is -2.16. The Bertz CT molecular complexity index is 1680. The van der Waals surface area contributed by atoms with E-state index in [0.29, 0.717) is 36.3 Å². The summed E-state index contributed by atoms with van der Waals surface area (Å²) in [5, 5.41) is 15.6. The topological polar surface area (TPSA) is 137 Å². The van der Waals surface area contributed by atoms with Crippen LogP contribution < -0.4 is 15.4 Å². The van der Waals surface area contributed by atoms with Gasteiger partial charge in [-0.1, -0.05) is 42.5 Å². The number of carboxylic acids is 1. The third-order valence-corrected chi connectivity index (χ3v) is 8.02. The van der Waals surface area contributed by atoms with Crippen LogP contribution in [0.3, 0.4) is 0 Å². The van der Waals surface area contributed by atoms with Gasteiger partial charge in [0.1, 0.15) is 6.04 Å². The number of benzene rings is 3. The van der Waals surface area contributed by atoms with Crippen molar-refractivity contribution in [3.8, 4) is 11.1 Å². The van der Waals surface area contributed by atoms with Crippen molar-refractivity contribution >= 4 is 27.6 Å². The lowest BCUT2D eigenvalue weighted by Crippen LogP contribution is -2.42. The van der Waals surface area contributed by atoms with Crippen LogP contribution >= 0.6 is 0 Å². The van der Waals surface area contributed by atoms with Gasteiger partial charge in [0.25, 0.3) is 0 Å². The Hall–Kier alpha value is -4.59. The molecule has 3 aromatic carbocycles. The summed E-state index contributed by atoms with van der Waals surface area (Å²) >= 11 is 0. The highest BCUT2D eigenvalue weighted by Gasteiger charge is 2.31. The predicted molar refractivity (Wildman–Crippen MR) is 158 cm³/mol. The number of hydrogen-bond donors (Lipinski definition) is 4. The monoisotopic (exact) mass is 626 g/mol. The van der Waals surface area contributed by atoms with Gasteiger partial charge in [0, 0.05) is 30.5 Å². The Morgan fingerprint density at radius 3 is 2.25 bits per heavy atom. The molecular weight excluding hydrogens is 597 g/mol. The number of anilines is 1. The lowest BCUT2D eigenvalue weighted by atomic mass is 10.0. The molecule has 0 bridgehead atoms. The van der Waals surface area contributed by atoms with E-state index in [2.05, 4.69) is 20.3 Å². The number of rotatable bonds is 13. The number of alkyl halides is 3. The van der Waals surface area contributed by atoms with E-state index in [1.54, 1.807) is 48.7 Å². The van der Waals surface area contributed by atoms with E-state index < -0.39 is 38.7 Å². The van der Waals surface area contributed by atoms with E-state index in [9.17, 15) is 36.3 Å². The minimum Gasteiger partial charge on any atom is -0.480 e. The Labute approximate surface area is 252 Å². The molecule has 4 rings (SSSR count). The maximum Gasteiger partial charge on any atom is 0.416 e. The molecule has 1 aromatic heterocycles. The molecular formula is C31H29F3N4O5S. The first-order valence-electron chi connectivity index (χ1n) is 13.4. The quantitative estimate of drug-likeness (QED) is 0.160. The van der Waals surface area contributed by atoms with Crippen molar-refractivity contribution in [1.82, 2.24) is 15.0 Å². The van der Waals surface area contributed by atoms with E-state index in [1.165, 1.54) is 0 Å². The third kappa shape index (κ3) is 9.20. The van der Waals surface area contributed by atoms with Crippen molar-refractivity contribution in [1.29, 1.82) is 0 Å². The molecule has 13 heteroatoms. The Morgan fingerprint density at radius 1 is 0.886 bits per heavy atom. The van der Waals surface area contributed by atoms with Crippen molar-refractivity contribution < 1.29 is 36.3 Å². The highest BCUT2D eigenvalue weighted by Crippen LogP contribution is 2.30. The van der Waals surface area contributed by atoms with Gasteiger partial charge in [0.2, 0.25) is 15.9 Å². The number of pyridine rings is 1. The van der Waals surface area contributed by atoms with Gasteiger partial charge in [-0.15, -0.1) is 0 Å². The Morgan fingerprint density at radius 2 is 1.61 bits per heavy atom. The molecule has 0 aliphatic rings. The number of aliphatic carboxylic acids is 1. The smallest absolute Gasteiger partial charge is 0.416 e. The zero-order valence-electron chi connectivity index (χ0n) is 23.2. The van der Waals surface area contributed by atoms with Gasteiger partial charge in [0.05, 0.1) is 17.0 Å². The molecule has 4 aromatic rings. The normalized spacial score (nSPS) is 12.4. The van der Waals surface area contributed by atoms with Crippen molar-refractivity contribution in [2.75, 3.05) is 18.4 Å². The van der Waals surface area contributed by atoms with Gasteiger partial charge >= 0.3 is 12.1 Å². The number of carboxylic acid groups (broad SMARTS) is 1. The van der Waals surface area contributed by atoms with Gasteiger partial charge in [-0.3, -0.25) is 14.6 Å². The summed E-state index contributed by atoms with van der Waals surface area (Å²) < 4.78 is 65.9. The maximum atomic E-state index is 12.8. The fourth-order valence-corrected chi connectivity index (χ4v) is 5.46. The second kappa shape index (κ2) is 14.3. The van der Waals surface area contributed by atoms with Gasteiger partial charge < -0.3 is 15.7 Å². The van der Waals surface area contributed by atoms with E-state index in [-0.39, 0.29) is 18.9 Å². The summed E-state index contributed by atoms with van der Waals surface area (Å²) in [5.41, 5.74) is 2.57. The lowest BCUT2D eigenvalue weighted by molar-refractivity contribution is -0.139. The molecule has 4 N–H and O–H groups in total. The van der Waals surface area contributed by atoms with Crippen LogP contribution in [-0.4, -0.2) is 49.5 Å². The summed E-state index contributed by atoms with van der Waals surface area (Å²) in [5.74, 6) is -1.66. The predicted octanol–water partition coefficient (Wildman–Crippen LogP) is 4.51. The van der Waals surface area contributed by atoms with E-state index in [1.807, 2.05) is 24.3 Å². The molecule has 0 spiro atoms. The SMILES string of the molecule is O=C(CNCCc1ccccn1)Nc1cccc(-c2ccc(CC(NS(=O)(=O)c3ccc(C(F)(F)F)cc3)C(=O)O)cc2)c1. The number of amides is 1. The molecule has 44 heavy (non-hydrogen) atoms. The highest BCUT2D eigenvalue weighted by atomic mass is 32.2. The number of hydrogen-bond acceptors (Lipinski definition) is 6. The Kier molecular flexibility index (Phi) is 10.5. The highest BCUT2D eigenvalue weighted by molar-refractivity contribution is 7.89. The molecule has 0 aliphatic heterocycles. The van der Waals surface area contributed by atoms with Gasteiger partial charge in [-0.25, -0.2) is 8.42 Å². The molecule has 0 aliphatic carbocycles. The van der Waals surface area contributed by atoms with Crippen molar-refractivity contribution in [2.24, 2.45) is 0 Å². The van der Waals surface area contributed by atoms with Crippen LogP contribution in [0.4, 0.5) is 18.9 Å². The van der Waals surface area contributed by atoms with Crippen LogP contribution in [0.25, 0.3) is 11.1 Å². The molecule has 9 nitrogen and oxygen atoms in total. The number of aromatic nitrogens is 1. The van der Waals surface area contributed by atoms with E-state index in [4.69, 9.17) is 0 Å².